The third kappa shape index (κ3) is 32.8. The van der Waals surface area contributed by atoms with Crippen molar-refractivity contribution in [1.29, 1.82) is 0 Å². The van der Waals surface area contributed by atoms with Crippen LogP contribution in [0.3, 0.4) is 0 Å². The second-order valence-corrected chi connectivity index (χ2v) is 38.6. The molecule has 5 heterocycles. The van der Waals surface area contributed by atoms with Crippen molar-refractivity contribution >= 4 is 140 Å². The molecule has 3 saturated heterocycles. The van der Waals surface area contributed by atoms with Crippen molar-refractivity contribution < 1.29 is 122 Å². The number of phenolic OH excluding ortho intramolecular Hbond substituents is 1. The number of phenols is 1. The van der Waals surface area contributed by atoms with Crippen LogP contribution in [0.5, 0.6) is 5.75 Å². The second kappa shape index (κ2) is 55.1. The van der Waals surface area contributed by atoms with E-state index in [0.29, 0.717) is 64.2 Å². The Hall–Kier alpha value is -12.9. The lowest BCUT2D eigenvalue weighted by molar-refractivity contribution is -0.149. The number of aromatic hydroxyl groups is 1. The minimum Gasteiger partial charge on any atom is -0.508 e. The Morgan fingerprint density at radius 1 is 0.559 bits per heavy atom. The second-order valence-electron chi connectivity index (χ2n) is 37.5. The monoisotopic (exact) mass is 2020 g/mol. The van der Waals surface area contributed by atoms with Gasteiger partial charge in [0.1, 0.15) is 109 Å². The van der Waals surface area contributed by atoms with Crippen LogP contribution >= 0.6 is 11.8 Å². The summed E-state index contributed by atoms with van der Waals surface area (Å²) in [6.07, 6.45) is -5.53. The van der Waals surface area contributed by atoms with Crippen LogP contribution < -0.4 is 75.7 Å². The van der Waals surface area contributed by atoms with Crippen LogP contribution in [0.1, 0.15) is 149 Å². The highest BCUT2D eigenvalue weighted by atomic mass is 32.2. The van der Waals surface area contributed by atoms with Crippen LogP contribution in [0.25, 0.3) is 21.8 Å². The third-order valence-corrected chi connectivity index (χ3v) is 26.6. The summed E-state index contributed by atoms with van der Waals surface area (Å²) in [5.74, 6) is -19.8. The number of aromatic amines is 1. The fourth-order valence-electron chi connectivity index (χ4n) is 17.6. The Kier molecular flexibility index (Phi) is 44.4. The van der Waals surface area contributed by atoms with Crippen molar-refractivity contribution in [2.45, 2.75) is 267 Å². The predicted octanol–water partition coefficient (Wildman–Crippen LogP) is -4.53. The molecule has 2 aromatic heterocycles. The predicted molar refractivity (Wildman–Crippen MR) is 524 cm³/mol. The number of rotatable bonds is 32. The minimum atomic E-state index is -1.96. The van der Waals surface area contributed by atoms with E-state index in [-0.39, 0.29) is 82.5 Å². The van der Waals surface area contributed by atoms with Gasteiger partial charge in [0.15, 0.2) is 0 Å². The zero-order valence-corrected chi connectivity index (χ0v) is 83.1. The highest BCUT2D eigenvalue weighted by Gasteiger charge is 2.47. The molecule has 3 aliphatic heterocycles. The van der Waals surface area contributed by atoms with Gasteiger partial charge in [-0.2, -0.15) is 0 Å². The summed E-state index contributed by atoms with van der Waals surface area (Å²) in [6, 6.07) is -3.35. The van der Waals surface area contributed by atoms with E-state index in [1.807, 2.05) is 13.8 Å². The molecule has 18 atom stereocenters. The SMILES string of the molecule is CCCC[C@H]1C(=O)N(C)[C@@H](CCCC)C(=O)N[C@@H](CC(C)C)C(=O)N[C@H](C(=O)NCC(N)=O)CSCC(=O)N[C@@H](Cc2ccc(O)cc2)C(=O)N(C)[C@@H](C)C(=O)N[C@@H](CC(N)=O)C(=O)N2CCC[C@H]2C(=O)N[C@@H](CNC[C@H](O)[C@@H](O)[C@H](O)CO)C(=O)N[C@@H](CC(C)C)C(=O)N2C[C@H](O)C[C@H]2C(=O)N[C@@H](Cc2c[nH]c3ccccc23)C(=O)N[C@@H](CCN)C(=O)N[C@@H](Cc2cn(CC(=O)O)c3ccccc23)C(=O)N1C. The van der Waals surface area contributed by atoms with E-state index < -0.39 is 291 Å². The number of primary amides is 2. The molecule has 17 amide bonds. The number of hydrogen-bond acceptors (Lipinski definition) is 27. The van der Waals surface area contributed by atoms with Crippen LogP contribution in [0.15, 0.2) is 85.2 Å². The normalized spacial score (nSPS) is 24.8. The summed E-state index contributed by atoms with van der Waals surface area (Å²) in [4.78, 5) is 273. The Morgan fingerprint density at radius 3 is 1.76 bits per heavy atom. The first-order valence-corrected chi connectivity index (χ1v) is 49.4. The summed E-state index contributed by atoms with van der Waals surface area (Å²) in [7, 11) is 3.86. The number of carboxylic acid groups (broad SMARTS) is 1. The Labute approximate surface area is 832 Å². The Bertz CT molecular complexity index is 5290. The van der Waals surface area contributed by atoms with Crippen molar-refractivity contribution in [3.63, 3.8) is 0 Å². The molecule has 3 aliphatic rings. The maximum Gasteiger partial charge on any atom is 0.323 e. The van der Waals surface area contributed by atoms with Crippen molar-refractivity contribution in [2.24, 2.45) is 29.0 Å². The van der Waals surface area contributed by atoms with E-state index in [2.05, 4.69) is 63.5 Å². The summed E-state index contributed by atoms with van der Waals surface area (Å²) >= 11 is 0.763. The maximum atomic E-state index is 16.0. The summed E-state index contributed by atoms with van der Waals surface area (Å²) in [5.41, 5.74) is 19.6. The van der Waals surface area contributed by atoms with Crippen LogP contribution in [-0.2, 0) is 112 Å². The number of nitrogens with one attached hydrogen (secondary N) is 12. The smallest absolute Gasteiger partial charge is 0.323 e. The highest BCUT2D eigenvalue weighted by Crippen LogP contribution is 2.29. The summed E-state index contributed by atoms with van der Waals surface area (Å²) < 4.78 is 1.43. The zero-order valence-electron chi connectivity index (χ0n) is 82.3. The first-order valence-electron chi connectivity index (χ1n) is 48.2. The lowest BCUT2D eigenvalue weighted by Crippen LogP contribution is -2.62. The number of para-hydroxylation sites is 2. The number of H-pyrrole nitrogens is 1. The first-order chi connectivity index (χ1) is 67.8. The number of aliphatic hydroxyl groups is 5. The molecule has 143 heavy (non-hydrogen) atoms. The van der Waals surface area contributed by atoms with Gasteiger partial charge < -0.3 is 145 Å². The fraction of sp³-hybridized carbons (Fsp3) is 0.583. The molecular formula is C96H141N21O25S. The van der Waals surface area contributed by atoms with Crippen molar-refractivity contribution in [3.8, 4) is 5.75 Å². The number of amides is 17. The van der Waals surface area contributed by atoms with E-state index in [1.54, 1.807) is 82.4 Å². The number of thioether (sulfide) groups is 1. The molecule has 0 spiro atoms. The molecule has 0 radical (unpaired) electrons. The number of aliphatic hydroxyl groups excluding tert-OH is 5. The average Bonchev–Trinajstić information content (AvgIpc) is 1.64. The topological polar surface area (TPSA) is 696 Å². The quantitative estimate of drug-likeness (QED) is 0.0193. The van der Waals surface area contributed by atoms with E-state index in [0.717, 1.165) is 36.3 Å². The van der Waals surface area contributed by atoms with E-state index in [1.165, 1.54) is 63.1 Å². The molecule has 0 unspecified atom stereocenters. The van der Waals surface area contributed by atoms with Gasteiger partial charge in [0.05, 0.1) is 37.5 Å². The Morgan fingerprint density at radius 2 is 1.11 bits per heavy atom. The van der Waals surface area contributed by atoms with Crippen molar-refractivity contribution in [3.05, 3.63) is 102 Å². The lowest BCUT2D eigenvalue weighted by atomic mass is 9.99. The number of aliphatic carboxylic acids is 1. The lowest BCUT2D eigenvalue weighted by Gasteiger charge is -2.36. The minimum absolute atomic E-state index is 0.0152. The van der Waals surface area contributed by atoms with Gasteiger partial charge >= 0.3 is 5.97 Å². The number of fused-ring (bicyclic) bond motifs is 4. The number of carbonyl (C=O) groups is 18. The van der Waals surface area contributed by atoms with Crippen LogP contribution in [0.2, 0.25) is 0 Å². The number of unbranched alkanes of at least 4 members (excludes halogenated alkanes) is 2. The van der Waals surface area contributed by atoms with Crippen molar-refractivity contribution in [2.75, 3.05) is 78.5 Å². The van der Waals surface area contributed by atoms with Gasteiger partial charge in [-0.05, 0) is 111 Å². The molecule has 3 fully saturated rings. The molecule has 47 heteroatoms. The molecule has 25 N–H and O–H groups in total. The number of carbonyl (C=O) groups excluding carboxylic acids is 17. The number of carboxylic acids is 1. The van der Waals surface area contributed by atoms with Gasteiger partial charge in [-0.1, -0.05) is 116 Å². The number of nitrogens with two attached hydrogens (primary N) is 3. The average molecular weight is 2020 g/mol. The summed E-state index contributed by atoms with van der Waals surface area (Å²) in [6.45, 7) is 7.16. The molecule has 46 nitrogen and oxygen atoms in total. The largest absolute Gasteiger partial charge is 0.508 e. The maximum absolute atomic E-state index is 16.0. The number of aromatic nitrogens is 2. The highest BCUT2D eigenvalue weighted by molar-refractivity contribution is 8.00. The van der Waals surface area contributed by atoms with Gasteiger partial charge in [0.25, 0.3) is 0 Å². The van der Waals surface area contributed by atoms with Crippen LogP contribution in [0.4, 0.5) is 0 Å². The van der Waals surface area contributed by atoms with Gasteiger partial charge in [-0.15, -0.1) is 11.8 Å². The van der Waals surface area contributed by atoms with Crippen LogP contribution in [-0.4, -0.2) is 364 Å². The zero-order chi connectivity index (χ0) is 105. The molecule has 5 aromatic rings. The molecule has 786 valence electrons. The molecule has 0 bridgehead atoms. The molecule has 0 saturated carbocycles. The third-order valence-electron chi connectivity index (χ3n) is 25.5. The van der Waals surface area contributed by atoms with E-state index >= 15 is 38.4 Å². The van der Waals surface area contributed by atoms with Crippen LogP contribution in [0, 0.1) is 11.8 Å². The Balaban J connectivity index is 1.24. The van der Waals surface area contributed by atoms with Gasteiger partial charge in [0.2, 0.25) is 100 Å². The van der Waals surface area contributed by atoms with Gasteiger partial charge in [0, 0.05) is 113 Å². The summed E-state index contributed by atoms with van der Waals surface area (Å²) in [5, 5.41) is 104. The molecule has 0 aliphatic carbocycles. The standard InChI is InChI=1S/C96H141N21O25S/c1-11-13-23-72-89(135)105-63(34-51(3)4)86(132)111-70(84(130)102-44-79(99)124)49-143-50-80(125)103-66(36-54-27-29-57(119)30-28-54)92(138)112(8)53(7)83(129)107-68(40-78(98)123)94(140)116-33-19-26-73(116)90(136)110-69(42-100-43-76(121)82(128)77(122)48-118)88(134)108-65(35-52(5)6)95(141)117-46-58(120)39-75(117)91(137)106-64(37-55-41-101-61-22-17-15-20-59(55)61)87(133)104-62(31-32-97)85(131)109-67(93(139)114(10)74(24-14-12-2)96(142)113(72)9)38-56-45-115(47-81(126)127)71-25-18-16-21-60(56)71/h15-18,20-22,25,27-30,41,45,51-53,58,62-70,72-77,82,100-101,118-122,128H,11-14,19,23-24,26,31-40,42-44,46-50,97H2,1-10H3,(H2,98,123)(H2,99,124)(H,102,130)(H,103,125)(H,104,133)(H,105,135)(H,106,137)(H,107,129)(H,108,134)(H,109,131)(H,110,136)(H,111,132)(H,126,127)/t53-,58+,62-,63-,64-,65-,66-,67-,68-,69-,70-,72-,73-,74-,75-,76-,77+,82+/m0/s1. The fourth-order valence-corrected chi connectivity index (χ4v) is 18.5. The number of benzene rings is 3. The van der Waals surface area contributed by atoms with Gasteiger partial charge in [-0.25, -0.2) is 0 Å². The first kappa shape index (κ1) is 115. The molecular weight excluding hydrogens is 1880 g/mol. The number of nitrogens with zero attached hydrogens (tertiary/aromatic N) is 6. The molecule has 8 rings (SSSR count). The van der Waals surface area contributed by atoms with E-state index in [9.17, 15) is 83.7 Å². The molecule has 3 aromatic carbocycles. The van der Waals surface area contributed by atoms with E-state index in [4.69, 9.17) is 17.2 Å². The van der Waals surface area contributed by atoms with Crippen molar-refractivity contribution in [1.82, 2.24) is 92.5 Å². The number of likely N-dealkylation sites (N-methyl/N-ethyl adjacent to an activating group) is 3. The van der Waals surface area contributed by atoms with Gasteiger partial charge in [-0.3, -0.25) is 86.3 Å². The number of hydrogen-bond donors (Lipinski definition) is 22.